The summed E-state index contributed by atoms with van der Waals surface area (Å²) in [5.74, 6) is -0.577. The number of ether oxygens (including phenoxy) is 1. The fourth-order valence-electron chi connectivity index (χ4n) is 2.62. The second-order valence-corrected chi connectivity index (χ2v) is 10.2. The number of benzene rings is 1. The molecular weight excluding hydrogens is 412 g/mol. The van der Waals surface area contributed by atoms with Gasteiger partial charge in [-0.25, -0.2) is 13.2 Å². The standard InChI is InChI=1S/C20H26N2O5S2/c1-15-9-11-28-18(15)13-22(2)19(23)17(10-12-29(3,25)26)21-20(24)27-14-16-7-5-4-6-8-16/h4-9,11,17H,10,12-14H2,1-3H3,(H,21,24). The normalized spacial score (nSPS) is 12.2. The van der Waals surface area contributed by atoms with Gasteiger partial charge in [0.15, 0.2) is 0 Å². The van der Waals surface area contributed by atoms with E-state index in [4.69, 9.17) is 4.74 Å². The van der Waals surface area contributed by atoms with Crippen LogP contribution in [0.5, 0.6) is 0 Å². The van der Waals surface area contributed by atoms with Crippen molar-refractivity contribution in [2.24, 2.45) is 0 Å². The molecule has 9 heteroatoms. The molecule has 7 nitrogen and oxygen atoms in total. The minimum absolute atomic E-state index is 0.0220. The van der Waals surface area contributed by atoms with E-state index < -0.39 is 22.0 Å². The summed E-state index contributed by atoms with van der Waals surface area (Å²) >= 11 is 1.54. The van der Waals surface area contributed by atoms with Crippen LogP contribution in [0, 0.1) is 6.92 Å². The Morgan fingerprint density at radius 3 is 2.48 bits per heavy atom. The number of nitrogens with zero attached hydrogens (tertiary/aromatic N) is 1. The van der Waals surface area contributed by atoms with Crippen molar-refractivity contribution >= 4 is 33.2 Å². The van der Waals surface area contributed by atoms with E-state index in [1.807, 2.05) is 48.7 Å². The summed E-state index contributed by atoms with van der Waals surface area (Å²) in [5.41, 5.74) is 1.89. The molecule has 0 saturated heterocycles. The van der Waals surface area contributed by atoms with Gasteiger partial charge in [0.05, 0.1) is 12.3 Å². The molecule has 1 aromatic heterocycles. The summed E-state index contributed by atoms with van der Waals surface area (Å²) < 4.78 is 28.3. The molecule has 29 heavy (non-hydrogen) atoms. The molecule has 1 unspecified atom stereocenters. The molecule has 0 aliphatic heterocycles. The minimum Gasteiger partial charge on any atom is -0.445 e. The zero-order valence-electron chi connectivity index (χ0n) is 16.8. The lowest BCUT2D eigenvalue weighted by molar-refractivity contribution is -0.132. The lowest BCUT2D eigenvalue weighted by Crippen LogP contribution is -2.48. The number of carbonyl (C=O) groups is 2. The number of aryl methyl sites for hydroxylation is 1. The van der Waals surface area contributed by atoms with Gasteiger partial charge in [0.1, 0.15) is 22.5 Å². The summed E-state index contributed by atoms with van der Waals surface area (Å²) in [6.07, 6.45) is 0.314. The van der Waals surface area contributed by atoms with Gasteiger partial charge in [0, 0.05) is 18.2 Å². The van der Waals surface area contributed by atoms with Crippen molar-refractivity contribution in [1.29, 1.82) is 0 Å². The molecule has 0 aliphatic rings. The number of likely N-dealkylation sites (N-methyl/N-ethyl adjacent to an activating group) is 1. The summed E-state index contributed by atoms with van der Waals surface area (Å²) in [4.78, 5) is 27.6. The molecule has 0 spiro atoms. The zero-order valence-corrected chi connectivity index (χ0v) is 18.4. The molecule has 0 radical (unpaired) electrons. The number of amides is 2. The highest BCUT2D eigenvalue weighted by atomic mass is 32.2. The quantitative estimate of drug-likeness (QED) is 0.650. The van der Waals surface area contributed by atoms with E-state index in [0.29, 0.717) is 6.54 Å². The number of alkyl carbamates (subject to hydrolysis) is 1. The molecule has 158 valence electrons. The SMILES string of the molecule is Cc1ccsc1CN(C)C(=O)C(CCS(C)(=O)=O)NC(=O)OCc1ccccc1. The first-order valence-electron chi connectivity index (χ1n) is 9.08. The van der Waals surface area contributed by atoms with Crippen molar-refractivity contribution in [3.63, 3.8) is 0 Å². The minimum atomic E-state index is -3.29. The zero-order chi connectivity index (χ0) is 21.4. The van der Waals surface area contributed by atoms with Crippen molar-refractivity contribution in [2.75, 3.05) is 19.1 Å². The number of carbonyl (C=O) groups excluding carboxylic acids is 2. The van der Waals surface area contributed by atoms with Crippen LogP contribution in [0.25, 0.3) is 0 Å². The molecule has 1 atom stereocenters. The number of hydrogen-bond acceptors (Lipinski definition) is 6. The second-order valence-electron chi connectivity index (χ2n) is 6.90. The van der Waals surface area contributed by atoms with Crippen LogP contribution in [0.1, 0.15) is 22.4 Å². The maximum Gasteiger partial charge on any atom is 0.408 e. The first-order valence-corrected chi connectivity index (χ1v) is 12.0. The van der Waals surface area contributed by atoms with Crippen LogP contribution in [0.4, 0.5) is 4.79 Å². The third-order valence-corrected chi connectivity index (χ3v) is 6.29. The first-order chi connectivity index (χ1) is 13.7. The number of hydrogen-bond donors (Lipinski definition) is 1. The average molecular weight is 439 g/mol. The molecule has 1 aromatic carbocycles. The van der Waals surface area contributed by atoms with Crippen molar-refractivity contribution in [1.82, 2.24) is 10.2 Å². The van der Waals surface area contributed by atoms with Crippen LogP contribution >= 0.6 is 11.3 Å². The van der Waals surface area contributed by atoms with Crippen LogP contribution in [0.15, 0.2) is 41.8 Å². The Labute approximate surface area is 175 Å². The molecule has 2 amide bonds. The van der Waals surface area contributed by atoms with Gasteiger partial charge in [-0.3, -0.25) is 4.79 Å². The topological polar surface area (TPSA) is 92.8 Å². The highest BCUT2D eigenvalue weighted by Crippen LogP contribution is 2.18. The van der Waals surface area contributed by atoms with Gasteiger partial charge < -0.3 is 15.0 Å². The third kappa shape index (κ3) is 7.86. The molecule has 1 N–H and O–H groups in total. The summed E-state index contributed by atoms with van der Waals surface area (Å²) in [6.45, 7) is 2.41. The Kier molecular flexibility index (Phi) is 8.21. The molecular formula is C20H26N2O5S2. The maximum atomic E-state index is 12.9. The van der Waals surface area contributed by atoms with Gasteiger partial charge in [-0.2, -0.15) is 0 Å². The molecule has 2 aromatic rings. The first kappa shape index (κ1) is 22.9. The Bertz CT molecular complexity index is 925. The largest absolute Gasteiger partial charge is 0.445 e. The summed E-state index contributed by atoms with van der Waals surface area (Å²) in [6, 6.07) is 10.1. The Balaban J connectivity index is 2.01. The van der Waals surface area contributed by atoms with E-state index in [1.54, 1.807) is 18.4 Å². The molecule has 1 heterocycles. The van der Waals surface area contributed by atoms with Crippen molar-refractivity contribution in [3.8, 4) is 0 Å². The Morgan fingerprint density at radius 1 is 1.21 bits per heavy atom. The monoisotopic (exact) mass is 438 g/mol. The predicted molar refractivity (Wildman–Crippen MR) is 113 cm³/mol. The smallest absolute Gasteiger partial charge is 0.408 e. The highest BCUT2D eigenvalue weighted by Gasteiger charge is 2.26. The van der Waals surface area contributed by atoms with E-state index in [-0.39, 0.29) is 24.7 Å². The van der Waals surface area contributed by atoms with E-state index in [2.05, 4.69) is 5.32 Å². The second kappa shape index (κ2) is 10.4. The van der Waals surface area contributed by atoms with E-state index in [0.717, 1.165) is 22.3 Å². The predicted octanol–water partition coefficient (Wildman–Crippen LogP) is 2.74. The lowest BCUT2D eigenvalue weighted by Gasteiger charge is -2.24. The van der Waals surface area contributed by atoms with Crippen molar-refractivity contribution in [2.45, 2.75) is 32.5 Å². The molecule has 0 fully saturated rings. The molecule has 2 rings (SSSR count). The molecule has 0 saturated carbocycles. The number of sulfone groups is 1. The van der Waals surface area contributed by atoms with Crippen molar-refractivity contribution < 1.29 is 22.7 Å². The number of rotatable bonds is 9. The van der Waals surface area contributed by atoms with Crippen LogP contribution in [-0.4, -0.2) is 50.4 Å². The molecule has 0 bridgehead atoms. The fraction of sp³-hybridized carbons (Fsp3) is 0.400. The number of nitrogens with one attached hydrogen (secondary N) is 1. The third-order valence-electron chi connectivity index (χ3n) is 4.31. The van der Waals surface area contributed by atoms with Gasteiger partial charge in [-0.15, -0.1) is 11.3 Å². The molecule has 0 aliphatic carbocycles. The van der Waals surface area contributed by atoms with Crippen molar-refractivity contribution in [3.05, 3.63) is 57.8 Å². The summed E-state index contributed by atoms with van der Waals surface area (Å²) in [7, 11) is -1.66. The fourth-order valence-corrected chi connectivity index (χ4v) is 4.24. The summed E-state index contributed by atoms with van der Waals surface area (Å²) in [5, 5.41) is 4.47. The Morgan fingerprint density at radius 2 is 1.90 bits per heavy atom. The maximum absolute atomic E-state index is 12.9. The van der Waals surface area contributed by atoms with Gasteiger partial charge in [0.25, 0.3) is 0 Å². The van der Waals surface area contributed by atoms with Crippen LogP contribution in [0.2, 0.25) is 0 Å². The van der Waals surface area contributed by atoms with Crippen LogP contribution < -0.4 is 5.32 Å². The van der Waals surface area contributed by atoms with Gasteiger partial charge in [-0.1, -0.05) is 30.3 Å². The van der Waals surface area contributed by atoms with E-state index >= 15 is 0 Å². The Hall–Kier alpha value is -2.39. The van der Waals surface area contributed by atoms with Crippen LogP contribution in [0.3, 0.4) is 0 Å². The van der Waals surface area contributed by atoms with Crippen LogP contribution in [-0.2, 0) is 32.5 Å². The van der Waals surface area contributed by atoms with E-state index in [9.17, 15) is 18.0 Å². The van der Waals surface area contributed by atoms with Gasteiger partial charge >= 0.3 is 6.09 Å². The highest BCUT2D eigenvalue weighted by molar-refractivity contribution is 7.90. The van der Waals surface area contributed by atoms with E-state index in [1.165, 1.54) is 4.90 Å². The number of thiophene rings is 1. The van der Waals surface area contributed by atoms with Gasteiger partial charge in [0.2, 0.25) is 5.91 Å². The average Bonchev–Trinajstić information content (AvgIpc) is 3.07. The lowest BCUT2D eigenvalue weighted by atomic mass is 10.2. The van der Waals surface area contributed by atoms with Gasteiger partial charge in [-0.05, 0) is 35.9 Å².